The molecule has 2 aromatic heterocycles. The number of primary amides is 1. The number of nitrogens with zero attached hydrogens (tertiary/aromatic N) is 2. The van der Waals surface area contributed by atoms with Crippen molar-refractivity contribution in [1.82, 2.24) is 9.97 Å². The minimum Gasteiger partial charge on any atom is -0.435 e. The Morgan fingerprint density at radius 2 is 2.10 bits per heavy atom. The third-order valence-corrected chi connectivity index (χ3v) is 3.33. The fourth-order valence-electron chi connectivity index (χ4n) is 1.39. The fraction of sp³-hybridized carbons (Fsp3) is 0.357. The van der Waals surface area contributed by atoms with Crippen molar-refractivity contribution < 1.29 is 9.21 Å². The Bertz CT molecular complexity index is 683. The summed E-state index contributed by atoms with van der Waals surface area (Å²) in [5.74, 6) is 6.53. The Morgan fingerprint density at radius 3 is 2.70 bits per heavy atom. The van der Waals surface area contributed by atoms with Crippen LogP contribution in [0.2, 0.25) is 0 Å². The summed E-state index contributed by atoms with van der Waals surface area (Å²) in [5, 5.41) is 0.657. The molecule has 0 saturated heterocycles. The van der Waals surface area contributed by atoms with Crippen LogP contribution in [0.25, 0.3) is 0 Å². The Balaban J connectivity index is 2.12. The molecule has 0 aliphatic heterocycles. The number of carbonyl (C=O) groups is 1. The summed E-state index contributed by atoms with van der Waals surface area (Å²) in [7, 11) is 0. The number of rotatable bonds is 2. The number of thiazole rings is 1. The molecule has 0 saturated carbocycles. The Hall–Kier alpha value is -2.13. The maximum absolute atomic E-state index is 10.8. The van der Waals surface area contributed by atoms with Gasteiger partial charge in [-0.15, -0.1) is 11.3 Å². The zero-order valence-corrected chi connectivity index (χ0v) is 12.4. The lowest BCUT2D eigenvalue weighted by Crippen LogP contribution is -2.13. The smallest absolute Gasteiger partial charge is 0.273 e. The van der Waals surface area contributed by atoms with E-state index in [9.17, 15) is 4.79 Å². The van der Waals surface area contributed by atoms with Gasteiger partial charge in [-0.2, -0.15) is 0 Å². The second kappa shape index (κ2) is 5.47. The van der Waals surface area contributed by atoms with E-state index in [4.69, 9.17) is 10.2 Å². The molecular weight excluding hydrogens is 274 g/mol. The van der Waals surface area contributed by atoms with Crippen LogP contribution in [0.5, 0.6) is 0 Å². The molecule has 0 aromatic carbocycles. The molecule has 20 heavy (non-hydrogen) atoms. The van der Waals surface area contributed by atoms with Gasteiger partial charge in [0, 0.05) is 5.41 Å². The molecule has 0 unspecified atom stereocenters. The molecule has 104 valence electrons. The normalized spacial score (nSPS) is 10.9. The van der Waals surface area contributed by atoms with Crippen LogP contribution in [0.1, 0.15) is 42.3 Å². The highest BCUT2D eigenvalue weighted by Gasteiger charge is 2.18. The average Bonchev–Trinajstić information content (AvgIpc) is 2.93. The zero-order valence-electron chi connectivity index (χ0n) is 11.6. The first-order chi connectivity index (χ1) is 9.34. The standard InChI is InChI=1S/C14H15N3O2S/c1-14(2,3)10-8-16-12(19-10)5-4-9-7-17-13(20-9)6-11(15)18/h7-8H,6H2,1-3H3,(H2,15,18). The molecule has 5 nitrogen and oxygen atoms in total. The van der Waals surface area contributed by atoms with Crippen molar-refractivity contribution in [3.63, 3.8) is 0 Å². The Kier molecular flexibility index (Phi) is 3.91. The van der Waals surface area contributed by atoms with Crippen LogP contribution in [0.15, 0.2) is 16.8 Å². The molecule has 2 heterocycles. The molecule has 0 aliphatic carbocycles. The number of hydrogen-bond donors (Lipinski definition) is 1. The van der Waals surface area contributed by atoms with E-state index in [1.165, 1.54) is 11.3 Å². The van der Waals surface area contributed by atoms with Gasteiger partial charge in [0.05, 0.1) is 23.7 Å². The molecule has 6 heteroatoms. The summed E-state index contributed by atoms with van der Waals surface area (Å²) < 4.78 is 5.57. The van der Waals surface area contributed by atoms with E-state index in [0.717, 1.165) is 10.6 Å². The number of aromatic nitrogens is 2. The summed E-state index contributed by atoms with van der Waals surface area (Å²) in [6.07, 6.45) is 3.44. The lowest BCUT2D eigenvalue weighted by atomic mass is 9.94. The van der Waals surface area contributed by atoms with Gasteiger partial charge in [0.1, 0.15) is 10.8 Å². The van der Waals surface area contributed by atoms with E-state index < -0.39 is 5.91 Å². The number of amides is 1. The Morgan fingerprint density at radius 1 is 1.35 bits per heavy atom. The van der Waals surface area contributed by atoms with E-state index in [1.807, 2.05) is 20.8 Å². The predicted octanol–water partition coefficient (Wildman–Crippen LogP) is 1.86. The van der Waals surface area contributed by atoms with E-state index >= 15 is 0 Å². The van der Waals surface area contributed by atoms with Crippen molar-refractivity contribution in [2.24, 2.45) is 5.73 Å². The molecule has 2 rings (SSSR count). The quantitative estimate of drug-likeness (QED) is 0.855. The van der Waals surface area contributed by atoms with Gasteiger partial charge in [-0.3, -0.25) is 4.79 Å². The number of oxazole rings is 1. The summed E-state index contributed by atoms with van der Waals surface area (Å²) in [5.41, 5.74) is 5.02. The van der Waals surface area contributed by atoms with E-state index in [-0.39, 0.29) is 11.8 Å². The number of nitrogens with two attached hydrogens (primary N) is 1. The van der Waals surface area contributed by atoms with Gasteiger partial charge in [-0.25, -0.2) is 9.97 Å². The highest BCUT2D eigenvalue weighted by Crippen LogP contribution is 2.22. The third-order valence-electron chi connectivity index (χ3n) is 2.42. The van der Waals surface area contributed by atoms with Crippen molar-refractivity contribution in [1.29, 1.82) is 0 Å². The van der Waals surface area contributed by atoms with E-state index in [2.05, 4.69) is 21.8 Å². The van der Waals surface area contributed by atoms with Gasteiger partial charge < -0.3 is 10.2 Å². The van der Waals surface area contributed by atoms with Crippen molar-refractivity contribution in [3.8, 4) is 11.8 Å². The van der Waals surface area contributed by atoms with Crippen LogP contribution >= 0.6 is 11.3 Å². The molecular formula is C14H15N3O2S. The van der Waals surface area contributed by atoms with Crippen LogP contribution < -0.4 is 5.73 Å². The van der Waals surface area contributed by atoms with Gasteiger partial charge >= 0.3 is 0 Å². The maximum atomic E-state index is 10.8. The van der Waals surface area contributed by atoms with Gasteiger partial charge in [-0.1, -0.05) is 20.8 Å². The molecule has 2 aromatic rings. The molecule has 0 atom stereocenters. The van der Waals surface area contributed by atoms with E-state index in [1.54, 1.807) is 12.4 Å². The first-order valence-corrected chi connectivity index (χ1v) is 6.87. The van der Waals surface area contributed by atoms with Crippen molar-refractivity contribution in [2.45, 2.75) is 32.6 Å². The molecule has 2 N–H and O–H groups in total. The first-order valence-electron chi connectivity index (χ1n) is 6.06. The highest BCUT2D eigenvalue weighted by molar-refractivity contribution is 7.12. The topological polar surface area (TPSA) is 82.0 Å². The van der Waals surface area contributed by atoms with Gasteiger partial charge in [0.2, 0.25) is 5.91 Å². The number of carbonyl (C=O) groups excluding carboxylic acids is 1. The van der Waals surface area contributed by atoms with E-state index in [0.29, 0.717) is 10.9 Å². The van der Waals surface area contributed by atoms with Crippen LogP contribution in [0, 0.1) is 11.8 Å². The molecule has 0 radical (unpaired) electrons. The number of hydrogen-bond acceptors (Lipinski definition) is 5. The largest absolute Gasteiger partial charge is 0.435 e. The van der Waals surface area contributed by atoms with Gasteiger partial charge in [0.15, 0.2) is 0 Å². The molecule has 0 spiro atoms. The predicted molar refractivity (Wildman–Crippen MR) is 76.2 cm³/mol. The van der Waals surface area contributed by atoms with Crippen LogP contribution in [-0.2, 0) is 16.6 Å². The zero-order chi connectivity index (χ0) is 14.8. The van der Waals surface area contributed by atoms with Gasteiger partial charge in [-0.05, 0) is 11.8 Å². The average molecular weight is 289 g/mol. The highest BCUT2D eigenvalue weighted by atomic mass is 32.1. The minimum atomic E-state index is -0.402. The van der Waals surface area contributed by atoms with Crippen LogP contribution in [0.4, 0.5) is 0 Å². The third kappa shape index (κ3) is 3.68. The first kappa shape index (κ1) is 14.3. The second-order valence-corrected chi connectivity index (χ2v) is 6.41. The summed E-state index contributed by atoms with van der Waals surface area (Å²) in [6, 6.07) is 0. The maximum Gasteiger partial charge on any atom is 0.273 e. The van der Waals surface area contributed by atoms with Gasteiger partial charge in [0.25, 0.3) is 5.89 Å². The fourth-order valence-corrected chi connectivity index (χ4v) is 2.17. The summed E-state index contributed by atoms with van der Waals surface area (Å²) >= 11 is 1.34. The lowest BCUT2D eigenvalue weighted by molar-refractivity contribution is -0.117. The molecule has 1 amide bonds. The molecule has 0 bridgehead atoms. The SMILES string of the molecule is CC(C)(C)c1cnc(C#Cc2cnc(CC(N)=O)s2)o1. The minimum absolute atomic E-state index is 0.0912. The van der Waals surface area contributed by atoms with Crippen molar-refractivity contribution >= 4 is 17.2 Å². The molecule has 0 fully saturated rings. The molecule has 0 aliphatic rings. The van der Waals surface area contributed by atoms with Crippen LogP contribution in [0.3, 0.4) is 0 Å². The summed E-state index contributed by atoms with van der Waals surface area (Å²) in [4.78, 5) is 19.7. The summed E-state index contributed by atoms with van der Waals surface area (Å²) in [6.45, 7) is 6.14. The van der Waals surface area contributed by atoms with Crippen molar-refractivity contribution in [2.75, 3.05) is 0 Å². The second-order valence-electron chi connectivity index (χ2n) is 5.29. The van der Waals surface area contributed by atoms with Crippen molar-refractivity contribution in [3.05, 3.63) is 33.9 Å². The monoisotopic (exact) mass is 289 g/mol. The van der Waals surface area contributed by atoms with Crippen LogP contribution in [-0.4, -0.2) is 15.9 Å². The lowest BCUT2D eigenvalue weighted by Gasteiger charge is -2.12. The Labute approximate surface area is 121 Å².